The second-order valence-electron chi connectivity index (χ2n) is 9.91. The summed E-state index contributed by atoms with van der Waals surface area (Å²) in [5.41, 5.74) is 9.70. The first-order chi connectivity index (χ1) is 16.8. The number of thiophene rings is 1. The minimum atomic E-state index is -2.67. The van der Waals surface area contributed by atoms with Gasteiger partial charge in [-0.3, -0.25) is 4.79 Å². The third-order valence-electron chi connectivity index (χ3n) is 7.58. The molecule has 2 aliphatic heterocycles. The fourth-order valence-electron chi connectivity index (χ4n) is 5.60. The molecule has 0 aromatic carbocycles. The summed E-state index contributed by atoms with van der Waals surface area (Å²) >= 11 is 1.32. The zero-order valence-electron chi connectivity index (χ0n) is 19.5. The maximum atomic E-state index is 14.5. The summed E-state index contributed by atoms with van der Waals surface area (Å²) in [5.74, 6) is -2.71. The lowest BCUT2D eigenvalue weighted by Gasteiger charge is -2.47. The molecule has 2 saturated heterocycles. The van der Waals surface area contributed by atoms with Crippen LogP contribution in [0.3, 0.4) is 0 Å². The van der Waals surface area contributed by atoms with Gasteiger partial charge in [-0.05, 0) is 62.9 Å². The van der Waals surface area contributed by atoms with Crippen molar-refractivity contribution in [3.8, 4) is 0 Å². The second-order valence-corrected chi connectivity index (χ2v) is 10.9. The van der Waals surface area contributed by atoms with Gasteiger partial charge in [0.1, 0.15) is 15.5 Å². The van der Waals surface area contributed by atoms with Gasteiger partial charge in [-0.15, -0.1) is 11.3 Å². The van der Waals surface area contributed by atoms with E-state index in [1.54, 1.807) is 0 Å². The third kappa shape index (κ3) is 3.92. The molecule has 3 aliphatic rings. The number of amides is 1. The van der Waals surface area contributed by atoms with Crippen molar-refractivity contribution in [3.63, 3.8) is 0 Å². The van der Waals surface area contributed by atoms with Crippen LogP contribution in [-0.4, -0.2) is 53.5 Å². The van der Waals surface area contributed by atoms with Crippen LogP contribution in [-0.2, 0) is 12.8 Å². The van der Waals surface area contributed by atoms with Gasteiger partial charge in [-0.1, -0.05) is 6.07 Å². The number of alkyl halides is 2. The molecule has 5 heterocycles. The molecule has 0 saturated carbocycles. The molecular weight excluding hydrogens is 470 g/mol. The number of carbonyl (C=O) groups is 1. The number of halogens is 2. The third-order valence-corrected chi connectivity index (χ3v) is 8.70. The lowest BCUT2D eigenvalue weighted by Crippen LogP contribution is -2.66. The van der Waals surface area contributed by atoms with Gasteiger partial charge in [0.25, 0.3) is 11.8 Å². The number of nitrogens with two attached hydrogens (primary N) is 1. The first-order valence-electron chi connectivity index (χ1n) is 12.1. The predicted molar refractivity (Wildman–Crippen MR) is 133 cm³/mol. The highest BCUT2D eigenvalue weighted by atomic mass is 32.1. The minimum Gasteiger partial charge on any atom is -0.397 e. The molecule has 7 nitrogen and oxygen atoms in total. The number of anilines is 2. The summed E-state index contributed by atoms with van der Waals surface area (Å²) in [6, 6.07) is 6.93. The van der Waals surface area contributed by atoms with Crippen molar-refractivity contribution in [3.05, 3.63) is 46.1 Å². The molecule has 1 amide bonds. The van der Waals surface area contributed by atoms with Crippen LogP contribution in [0.4, 0.5) is 20.3 Å². The highest BCUT2D eigenvalue weighted by Gasteiger charge is 2.53. The van der Waals surface area contributed by atoms with E-state index >= 15 is 0 Å². The first-order valence-corrected chi connectivity index (χ1v) is 12.9. The fraction of sp³-hybridized carbons (Fsp3) is 0.480. The molecule has 0 unspecified atom stereocenters. The Morgan fingerprint density at radius 1 is 1.23 bits per heavy atom. The number of aromatic nitrogens is 2. The van der Waals surface area contributed by atoms with Gasteiger partial charge >= 0.3 is 0 Å². The number of nitrogens with one attached hydrogen (secondary N) is 2. The summed E-state index contributed by atoms with van der Waals surface area (Å²) in [7, 11) is 0. The summed E-state index contributed by atoms with van der Waals surface area (Å²) < 4.78 is 29.0. The highest BCUT2D eigenvalue weighted by molar-refractivity contribution is 7.21. The Kier molecular flexibility index (Phi) is 5.41. The lowest BCUT2D eigenvalue weighted by atomic mass is 9.84. The van der Waals surface area contributed by atoms with Crippen LogP contribution in [0.2, 0.25) is 0 Å². The normalized spacial score (nSPS) is 25.3. The van der Waals surface area contributed by atoms with Gasteiger partial charge in [0.05, 0.1) is 11.7 Å². The average Bonchev–Trinajstić information content (AvgIpc) is 3.13. The molecule has 2 bridgehead atoms. The summed E-state index contributed by atoms with van der Waals surface area (Å²) in [4.78, 5) is 25.6. The van der Waals surface area contributed by atoms with E-state index in [-0.39, 0.29) is 18.5 Å². The summed E-state index contributed by atoms with van der Waals surface area (Å²) in [6.45, 7) is 3.16. The Bertz CT molecular complexity index is 1290. The summed E-state index contributed by atoms with van der Waals surface area (Å²) in [5, 5.41) is 6.94. The molecular formula is C25H28F2N6OS. The van der Waals surface area contributed by atoms with Crippen molar-refractivity contribution in [2.45, 2.75) is 50.6 Å². The van der Waals surface area contributed by atoms with Gasteiger partial charge < -0.3 is 21.3 Å². The van der Waals surface area contributed by atoms with Gasteiger partial charge in [-0.25, -0.2) is 18.7 Å². The number of hydrogen-bond acceptors (Lipinski definition) is 7. The van der Waals surface area contributed by atoms with Crippen LogP contribution in [0.25, 0.3) is 10.2 Å². The van der Waals surface area contributed by atoms with Crippen molar-refractivity contribution >= 4 is 39.0 Å². The number of nitrogens with zero attached hydrogens (tertiary/aromatic N) is 3. The van der Waals surface area contributed by atoms with Crippen molar-refractivity contribution in [2.24, 2.45) is 5.92 Å². The monoisotopic (exact) mass is 498 g/mol. The van der Waals surface area contributed by atoms with E-state index in [0.717, 1.165) is 45.8 Å². The molecule has 0 radical (unpaired) electrons. The van der Waals surface area contributed by atoms with E-state index in [4.69, 9.17) is 10.7 Å². The van der Waals surface area contributed by atoms with E-state index in [1.807, 2.05) is 36.1 Å². The van der Waals surface area contributed by atoms with Crippen LogP contribution < -0.4 is 21.3 Å². The first kappa shape index (κ1) is 22.6. The van der Waals surface area contributed by atoms with Gasteiger partial charge in [0.15, 0.2) is 0 Å². The number of fused-ring (bicyclic) bond motifs is 4. The van der Waals surface area contributed by atoms with Crippen molar-refractivity contribution < 1.29 is 13.6 Å². The van der Waals surface area contributed by atoms with Crippen LogP contribution in [0.15, 0.2) is 24.3 Å². The van der Waals surface area contributed by atoms with E-state index in [9.17, 15) is 13.6 Å². The molecule has 6 rings (SSSR count). The van der Waals surface area contributed by atoms with Crippen LogP contribution in [0.5, 0.6) is 0 Å². The summed E-state index contributed by atoms with van der Waals surface area (Å²) in [6.07, 6.45) is 2.65. The molecule has 3 aromatic rings. The maximum Gasteiger partial charge on any atom is 0.269 e. The van der Waals surface area contributed by atoms with Gasteiger partial charge in [-0.2, -0.15) is 0 Å². The van der Waals surface area contributed by atoms with Crippen LogP contribution in [0, 0.1) is 12.8 Å². The molecule has 10 heteroatoms. The maximum absolute atomic E-state index is 14.5. The zero-order chi connectivity index (χ0) is 24.3. The molecule has 0 spiro atoms. The van der Waals surface area contributed by atoms with Crippen LogP contribution in [0.1, 0.15) is 39.5 Å². The van der Waals surface area contributed by atoms with Crippen molar-refractivity contribution in [1.82, 2.24) is 20.6 Å². The van der Waals surface area contributed by atoms with E-state index < -0.39 is 17.9 Å². The Labute approximate surface area is 206 Å². The molecule has 184 valence electrons. The smallest absolute Gasteiger partial charge is 0.269 e. The zero-order valence-corrected chi connectivity index (χ0v) is 20.3. The number of pyridine rings is 2. The number of nitrogen functional groups attached to an aromatic ring is 1. The second kappa shape index (κ2) is 8.37. The van der Waals surface area contributed by atoms with Gasteiger partial charge in [0.2, 0.25) is 0 Å². The average molecular weight is 499 g/mol. The molecule has 1 aliphatic carbocycles. The number of rotatable bonds is 3. The van der Waals surface area contributed by atoms with E-state index in [0.29, 0.717) is 36.5 Å². The largest absolute Gasteiger partial charge is 0.397 e. The standard InChI is InChI=1S/C25H28F2N6OS/c1-13-2-5-17-21(28)22(35-24(17)30-13)23(34)31-16-4-6-18-14(10-16)3-7-20(32-18)33-11-15-8-9-29-19(12-33)25(15,26)27/h2-3,5,7,15-16,19,29H,4,6,8-12,28H2,1H3,(H,31,34)/t15-,16+,19+/m1/s1. The van der Waals surface area contributed by atoms with Crippen molar-refractivity contribution in [2.75, 3.05) is 30.3 Å². The molecule has 35 heavy (non-hydrogen) atoms. The minimum absolute atomic E-state index is 0.0146. The number of hydrogen-bond donors (Lipinski definition) is 3. The van der Waals surface area contributed by atoms with E-state index in [2.05, 4.69) is 15.6 Å². The van der Waals surface area contributed by atoms with Gasteiger partial charge in [0, 0.05) is 41.8 Å². The lowest BCUT2D eigenvalue weighted by molar-refractivity contribution is -0.115. The quantitative estimate of drug-likeness (QED) is 0.513. The number of piperidine rings is 2. The Morgan fingerprint density at radius 2 is 2.09 bits per heavy atom. The number of aryl methyl sites for hydroxylation is 2. The fourth-order valence-corrected chi connectivity index (χ4v) is 6.64. The topological polar surface area (TPSA) is 96.2 Å². The molecule has 3 atom stereocenters. The Hall–Kier alpha value is -2.85. The van der Waals surface area contributed by atoms with E-state index in [1.165, 1.54) is 11.3 Å². The SMILES string of the molecule is Cc1ccc2c(N)c(C(=O)N[C@H]3CCc4nc(N5C[C@H]6CCN[C@@H](C5)C6(F)F)ccc4C3)sc2n1. The van der Waals surface area contributed by atoms with Crippen molar-refractivity contribution in [1.29, 1.82) is 0 Å². The highest BCUT2D eigenvalue weighted by Crippen LogP contribution is 2.40. The Morgan fingerprint density at radius 3 is 2.91 bits per heavy atom. The molecule has 4 N–H and O–H groups in total. The van der Waals surface area contributed by atoms with Crippen LogP contribution >= 0.6 is 11.3 Å². The molecule has 3 aromatic heterocycles. The Balaban J connectivity index is 1.15. The molecule has 2 fully saturated rings. The predicted octanol–water partition coefficient (Wildman–Crippen LogP) is 3.30. The number of carbonyl (C=O) groups excluding carboxylic acids is 1.